The summed E-state index contributed by atoms with van der Waals surface area (Å²) in [6.45, 7) is 4.47. The Morgan fingerprint density at radius 3 is 2.57 bits per heavy atom. The number of carbonyl (C=O) groups excluding carboxylic acids is 1. The summed E-state index contributed by atoms with van der Waals surface area (Å²) < 4.78 is 5.77. The first-order chi connectivity index (χ1) is 13.7. The first kappa shape index (κ1) is 18.7. The summed E-state index contributed by atoms with van der Waals surface area (Å²) in [5, 5.41) is 1.54. The quantitative estimate of drug-likeness (QED) is 0.660. The maximum absolute atomic E-state index is 13.0. The van der Waals surface area contributed by atoms with E-state index in [0.29, 0.717) is 30.5 Å². The van der Waals surface area contributed by atoms with Gasteiger partial charge in [0.1, 0.15) is 12.4 Å². The lowest BCUT2D eigenvalue weighted by atomic mass is 10.1. The molecule has 5 nitrogen and oxygen atoms in total. The third kappa shape index (κ3) is 4.11. The molecule has 2 heterocycles. The van der Waals surface area contributed by atoms with Gasteiger partial charge in [0.2, 0.25) is 0 Å². The van der Waals surface area contributed by atoms with Crippen LogP contribution in [0.15, 0.2) is 60.8 Å². The summed E-state index contributed by atoms with van der Waals surface area (Å²) in [5.41, 5.74) is 1.57. The largest absolute Gasteiger partial charge is 0.491 e. The zero-order chi connectivity index (χ0) is 19.3. The number of fused-ring (bicyclic) bond motifs is 1. The molecular weight excluding hydrogens is 374 g/mol. The van der Waals surface area contributed by atoms with E-state index in [1.165, 1.54) is 0 Å². The Balaban J connectivity index is 1.31. The van der Waals surface area contributed by atoms with Crippen LogP contribution >= 0.6 is 11.6 Å². The molecule has 3 aromatic rings. The van der Waals surface area contributed by atoms with E-state index in [0.717, 1.165) is 36.1 Å². The molecule has 0 radical (unpaired) electrons. The molecule has 144 valence electrons. The van der Waals surface area contributed by atoms with Gasteiger partial charge in [-0.05, 0) is 24.3 Å². The van der Waals surface area contributed by atoms with Crippen molar-refractivity contribution in [3.63, 3.8) is 0 Å². The molecule has 2 aromatic carbocycles. The lowest BCUT2D eigenvalue weighted by Crippen LogP contribution is -2.49. The Bertz CT molecular complexity index is 965. The molecule has 1 aliphatic rings. The average Bonchev–Trinajstić information content (AvgIpc) is 2.75. The normalized spacial score (nSPS) is 15.0. The number of rotatable bonds is 5. The third-order valence-corrected chi connectivity index (χ3v) is 5.35. The molecular formula is C22H22ClN3O2. The number of nitrogens with zero attached hydrogens (tertiary/aromatic N) is 3. The molecule has 1 saturated heterocycles. The van der Waals surface area contributed by atoms with Gasteiger partial charge in [-0.25, -0.2) is 0 Å². The predicted octanol–water partition coefficient (Wildman–Crippen LogP) is 3.73. The molecule has 0 N–H and O–H groups in total. The van der Waals surface area contributed by atoms with Crippen molar-refractivity contribution in [2.45, 2.75) is 0 Å². The van der Waals surface area contributed by atoms with Crippen LogP contribution in [0.25, 0.3) is 10.9 Å². The molecule has 0 aliphatic carbocycles. The van der Waals surface area contributed by atoms with Gasteiger partial charge in [-0.15, -0.1) is 0 Å². The van der Waals surface area contributed by atoms with E-state index in [4.69, 9.17) is 16.3 Å². The number of pyridine rings is 1. The van der Waals surface area contributed by atoms with Gasteiger partial charge in [-0.1, -0.05) is 41.9 Å². The fourth-order valence-electron chi connectivity index (χ4n) is 3.47. The standard InChI is InChI=1S/C22H22ClN3O2/c23-19-6-2-4-8-21(19)28-16-15-25-11-13-26(14-12-25)22(27)18-9-10-24-20-7-3-1-5-17(18)20/h1-10H,11-16H2. The number of piperazine rings is 1. The third-order valence-electron chi connectivity index (χ3n) is 5.04. The van der Waals surface area contributed by atoms with Gasteiger partial charge < -0.3 is 9.64 Å². The second-order valence-corrected chi connectivity index (χ2v) is 7.20. The summed E-state index contributed by atoms with van der Waals surface area (Å²) in [4.78, 5) is 21.6. The van der Waals surface area contributed by atoms with Gasteiger partial charge in [0.05, 0.1) is 16.1 Å². The van der Waals surface area contributed by atoms with E-state index < -0.39 is 0 Å². The molecule has 0 unspecified atom stereocenters. The lowest BCUT2D eigenvalue weighted by molar-refractivity contribution is 0.0622. The second kappa shape index (κ2) is 8.59. The Morgan fingerprint density at radius 1 is 1.00 bits per heavy atom. The Morgan fingerprint density at radius 2 is 1.75 bits per heavy atom. The van der Waals surface area contributed by atoms with Crippen LogP contribution in [-0.4, -0.2) is 60.0 Å². The van der Waals surface area contributed by atoms with Crippen molar-refractivity contribution in [3.8, 4) is 5.75 Å². The molecule has 0 atom stereocenters. The fraction of sp³-hybridized carbons (Fsp3) is 0.273. The first-order valence-corrected chi connectivity index (χ1v) is 9.83. The van der Waals surface area contributed by atoms with Crippen LogP contribution in [-0.2, 0) is 0 Å². The Kier molecular flexibility index (Phi) is 5.74. The van der Waals surface area contributed by atoms with Crippen molar-refractivity contribution in [1.29, 1.82) is 0 Å². The molecule has 0 spiro atoms. The van der Waals surface area contributed by atoms with Gasteiger partial charge >= 0.3 is 0 Å². The van der Waals surface area contributed by atoms with E-state index in [1.807, 2.05) is 59.5 Å². The predicted molar refractivity (Wildman–Crippen MR) is 111 cm³/mol. The highest BCUT2D eigenvalue weighted by molar-refractivity contribution is 6.32. The highest BCUT2D eigenvalue weighted by Gasteiger charge is 2.23. The van der Waals surface area contributed by atoms with E-state index >= 15 is 0 Å². The van der Waals surface area contributed by atoms with Crippen molar-refractivity contribution in [3.05, 3.63) is 71.4 Å². The van der Waals surface area contributed by atoms with Crippen LogP contribution in [0.4, 0.5) is 0 Å². The number of halogens is 1. The fourth-order valence-corrected chi connectivity index (χ4v) is 3.66. The summed E-state index contributed by atoms with van der Waals surface area (Å²) in [5.74, 6) is 0.785. The summed E-state index contributed by atoms with van der Waals surface area (Å²) in [6.07, 6.45) is 1.71. The van der Waals surface area contributed by atoms with E-state index in [-0.39, 0.29) is 5.91 Å². The van der Waals surface area contributed by atoms with Crippen LogP contribution in [0, 0.1) is 0 Å². The molecule has 28 heavy (non-hydrogen) atoms. The van der Waals surface area contributed by atoms with Crippen LogP contribution in [0.2, 0.25) is 5.02 Å². The zero-order valence-corrected chi connectivity index (χ0v) is 16.3. The van der Waals surface area contributed by atoms with E-state index in [9.17, 15) is 4.79 Å². The lowest BCUT2D eigenvalue weighted by Gasteiger charge is -2.34. The minimum atomic E-state index is 0.0746. The van der Waals surface area contributed by atoms with Gasteiger partial charge in [-0.3, -0.25) is 14.7 Å². The highest BCUT2D eigenvalue weighted by Crippen LogP contribution is 2.23. The minimum absolute atomic E-state index is 0.0746. The van der Waals surface area contributed by atoms with Crippen molar-refractivity contribution in [2.75, 3.05) is 39.3 Å². The summed E-state index contributed by atoms with van der Waals surface area (Å²) in [6, 6.07) is 17.1. The molecule has 1 aromatic heterocycles. The molecule has 0 bridgehead atoms. The van der Waals surface area contributed by atoms with Crippen LogP contribution in [0.5, 0.6) is 5.75 Å². The number of hydrogen-bond acceptors (Lipinski definition) is 4. The number of para-hydroxylation sites is 2. The molecule has 4 rings (SSSR count). The minimum Gasteiger partial charge on any atom is -0.491 e. The van der Waals surface area contributed by atoms with Gasteiger partial charge in [0, 0.05) is 44.3 Å². The molecule has 6 heteroatoms. The Labute approximate surface area is 169 Å². The number of benzene rings is 2. The molecule has 0 saturated carbocycles. The van der Waals surface area contributed by atoms with Crippen LogP contribution in [0.1, 0.15) is 10.4 Å². The Hall–Kier alpha value is -2.63. The number of aromatic nitrogens is 1. The average molecular weight is 396 g/mol. The van der Waals surface area contributed by atoms with Crippen LogP contribution in [0.3, 0.4) is 0 Å². The van der Waals surface area contributed by atoms with E-state index in [2.05, 4.69) is 9.88 Å². The number of ether oxygens (including phenoxy) is 1. The van der Waals surface area contributed by atoms with Crippen molar-refractivity contribution in [1.82, 2.24) is 14.8 Å². The second-order valence-electron chi connectivity index (χ2n) is 6.79. The van der Waals surface area contributed by atoms with Crippen molar-refractivity contribution < 1.29 is 9.53 Å². The van der Waals surface area contributed by atoms with Crippen molar-refractivity contribution in [2.24, 2.45) is 0 Å². The number of amides is 1. The molecule has 1 aliphatic heterocycles. The zero-order valence-electron chi connectivity index (χ0n) is 15.6. The molecule has 1 fully saturated rings. The van der Waals surface area contributed by atoms with E-state index in [1.54, 1.807) is 6.20 Å². The van der Waals surface area contributed by atoms with Crippen LogP contribution < -0.4 is 4.74 Å². The SMILES string of the molecule is O=C(c1ccnc2ccccc12)N1CCN(CCOc2ccccc2Cl)CC1. The smallest absolute Gasteiger partial charge is 0.254 e. The topological polar surface area (TPSA) is 45.7 Å². The maximum atomic E-state index is 13.0. The van der Waals surface area contributed by atoms with Gasteiger partial charge in [0.15, 0.2) is 0 Å². The summed E-state index contributed by atoms with van der Waals surface area (Å²) >= 11 is 6.11. The first-order valence-electron chi connectivity index (χ1n) is 9.45. The monoisotopic (exact) mass is 395 g/mol. The maximum Gasteiger partial charge on any atom is 0.254 e. The van der Waals surface area contributed by atoms with Gasteiger partial charge in [0.25, 0.3) is 5.91 Å². The summed E-state index contributed by atoms with van der Waals surface area (Å²) in [7, 11) is 0. The van der Waals surface area contributed by atoms with Gasteiger partial charge in [-0.2, -0.15) is 0 Å². The molecule has 1 amide bonds. The number of hydrogen-bond donors (Lipinski definition) is 0. The number of carbonyl (C=O) groups is 1. The van der Waals surface area contributed by atoms with Crippen molar-refractivity contribution >= 4 is 28.4 Å². The highest BCUT2D eigenvalue weighted by atomic mass is 35.5.